The summed E-state index contributed by atoms with van der Waals surface area (Å²) >= 11 is 0. The van der Waals surface area contributed by atoms with E-state index in [0.29, 0.717) is 31.1 Å². The van der Waals surface area contributed by atoms with Gasteiger partial charge in [-0.25, -0.2) is 8.42 Å². The van der Waals surface area contributed by atoms with Crippen LogP contribution in [0.25, 0.3) is 0 Å². The zero-order chi connectivity index (χ0) is 20.6. The van der Waals surface area contributed by atoms with E-state index in [4.69, 9.17) is 0 Å². The largest absolute Gasteiger partial charge is 0.338 e. The van der Waals surface area contributed by atoms with E-state index >= 15 is 0 Å². The summed E-state index contributed by atoms with van der Waals surface area (Å²) < 4.78 is 28.4. The van der Waals surface area contributed by atoms with Crippen LogP contribution in [0.5, 0.6) is 0 Å². The molecular weight excluding hydrogens is 374 g/mol. The van der Waals surface area contributed by atoms with Crippen LogP contribution in [-0.2, 0) is 14.8 Å². The Bertz CT molecular complexity index is 826. The number of quaternary nitrogens is 1. The molecule has 1 aromatic rings. The van der Waals surface area contributed by atoms with Gasteiger partial charge in [-0.2, -0.15) is 4.31 Å². The highest BCUT2D eigenvalue weighted by Gasteiger charge is 2.37. The molecule has 2 aliphatic heterocycles. The Hall–Kier alpha value is -1.44. The molecule has 28 heavy (non-hydrogen) atoms. The van der Waals surface area contributed by atoms with Crippen molar-refractivity contribution in [2.75, 3.05) is 39.3 Å². The Kier molecular flexibility index (Phi) is 6.17. The smallest absolute Gasteiger partial charge is 0.280 e. The van der Waals surface area contributed by atoms with Gasteiger partial charge in [0.15, 0.2) is 6.04 Å². The maximum Gasteiger partial charge on any atom is 0.280 e. The number of aryl methyl sites for hydroxylation is 2. The number of hydrogen-bond donors (Lipinski definition) is 1. The van der Waals surface area contributed by atoms with Crippen LogP contribution in [0.15, 0.2) is 11.0 Å². The molecular formula is C21H34N3O3S+. The third-order valence-corrected chi connectivity index (χ3v) is 8.83. The molecule has 0 spiro atoms. The minimum Gasteiger partial charge on any atom is -0.338 e. The molecule has 0 aromatic heterocycles. The second kappa shape index (κ2) is 8.13. The maximum absolute atomic E-state index is 13.4. The van der Waals surface area contributed by atoms with Crippen LogP contribution in [0.3, 0.4) is 0 Å². The molecule has 0 aliphatic carbocycles. The van der Waals surface area contributed by atoms with E-state index in [2.05, 4.69) is 6.07 Å². The average molecular weight is 409 g/mol. The van der Waals surface area contributed by atoms with Gasteiger partial charge in [0.05, 0.1) is 31.1 Å². The lowest BCUT2D eigenvalue weighted by molar-refractivity contribution is -0.918. The number of hydrogen-bond acceptors (Lipinski definition) is 3. The quantitative estimate of drug-likeness (QED) is 0.802. The van der Waals surface area contributed by atoms with Gasteiger partial charge in [0.25, 0.3) is 5.91 Å². The van der Waals surface area contributed by atoms with Crippen molar-refractivity contribution in [1.29, 1.82) is 0 Å². The topological polar surface area (TPSA) is 62.1 Å². The van der Waals surface area contributed by atoms with Gasteiger partial charge in [-0.05, 0) is 69.7 Å². The summed E-state index contributed by atoms with van der Waals surface area (Å²) in [4.78, 5) is 16.3. The Balaban J connectivity index is 1.73. The van der Waals surface area contributed by atoms with E-state index in [1.54, 1.807) is 4.31 Å². The lowest BCUT2D eigenvalue weighted by atomic mass is 10.0. The number of carbonyl (C=O) groups is 1. The van der Waals surface area contributed by atoms with Crippen molar-refractivity contribution in [2.24, 2.45) is 0 Å². The molecule has 7 heteroatoms. The fourth-order valence-electron chi connectivity index (χ4n) is 4.53. The highest BCUT2D eigenvalue weighted by molar-refractivity contribution is 7.89. The van der Waals surface area contributed by atoms with Gasteiger partial charge in [-0.15, -0.1) is 0 Å². The number of piperazine rings is 1. The van der Waals surface area contributed by atoms with Crippen LogP contribution in [0.1, 0.15) is 42.0 Å². The molecule has 6 nitrogen and oxygen atoms in total. The summed E-state index contributed by atoms with van der Waals surface area (Å²) in [6.45, 7) is 13.7. The molecule has 1 atom stereocenters. The van der Waals surface area contributed by atoms with E-state index in [0.717, 1.165) is 48.2 Å². The molecule has 0 radical (unpaired) electrons. The Morgan fingerprint density at radius 2 is 1.46 bits per heavy atom. The van der Waals surface area contributed by atoms with Crippen LogP contribution >= 0.6 is 0 Å². The monoisotopic (exact) mass is 408 g/mol. The standard InChI is InChI=1S/C21H33N3O3S/c1-15-14-16(2)18(4)20(17(15)3)28(26,27)24-12-10-22(11-13-24)19(5)21(25)23-8-6-7-9-23/h14,19H,6-13H2,1-5H3/p+1/t19-/m0/s1. The molecule has 0 saturated carbocycles. The minimum atomic E-state index is -3.53. The van der Waals surface area contributed by atoms with Crippen molar-refractivity contribution in [3.63, 3.8) is 0 Å². The van der Waals surface area contributed by atoms with Gasteiger partial charge in [-0.3, -0.25) is 4.79 Å². The fourth-order valence-corrected chi connectivity index (χ4v) is 6.55. The molecule has 0 unspecified atom stereocenters. The lowest BCUT2D eigenvalue weighted by Gasteiger charge is -2.35. The Morgan fingerprint density at radius 3 is 1.96 bits per heavy atom. The van der Waals surface area contributed by atoms with Crippen molar-refractivity contribution < 1.29 is 18.1 Å². The lowest BCUT2D eigenvalue weighted by Crippen LogP contribution is -3.19. The summed E-state index contributed by atoms with van der Waals surface area (Å²) in [5.74, 6) is 0.213. The molecule has 0 bridgehead atoms. The van der Waals surface area contributed by atoms with E-state index in [9.17, 15) is 13.2 Å². The normalized spacial score (nSPS) is 20.5. The van der Waals surface area contributed by atoms with Crippen LogP contribution < -0.4 is 4.90 Å². The van der Waals surface area contributed by atoms with E-state index in [1.807, 2.05) is 39.5 Å². The highest BCUT2D eigenvalue weighted by Crippen LogP contribution is 2.28. The Morgan fingerprint density at radius 1 is 0.964 bits per heavy atom. The number of likely N-dealkylation sites (tertiary alicyclic amines) is 1. The van der Waals surface area contributed by atoms with Gasteiger partial charge >= 0.3 is 0 Å². The predicted octanol–water partition coefficient (Wildman–Crippen LogP) is 0.820. The summed E-state index contributed by atoms with van der Waals surface area (Å²) in [5.41, 5.74) is 3.71. The van der Waals surface area contributed by atoms with Gasteiger partial charge in [0.1, 0.15) is 0 Å². The number of sulfonamides is 1. The zero-order valence-corrected chi connectivity index (χ0v) is 18.7. The average Bonchev–Trinajstić information content (AvgIpc) is 3.20. The number of rotatable bonds is 4. The molecule has 3 rings (SSSR count). The molecule has 2 fully saturated rings. The maximum atomic E-state index is 13.4. The number of carbonyl (C=O) groups excluding carboxylic acids is 1. The number of nitrogens with zero attached hydrogens (tertiary/aromatic N) is 2. The van der Waals surface area contributed by atoms with E-state index < -0.39 is 10.0 Å². The molecule has 2 aliphatic rings. The van der Waals surface area contributed by atoms with Gasteiger partial charge in [-0.1, -0.05) is 6.07 Å². The second-order valence-corrected chi connectivity index (χ2v) is 10.3. The van der Waals surface area contributed by atoms with Crippen molar-refractivity contribution in [1.82, 2.24) is 9.21 Å². The number of benzene rings is 1. The van der Waals surface area contributed by atoms with Crippen molar-refractivity contribution in [3.05, 3.63) is 28.3 Å². The Labute approximate surface area is 169 Å². The summed E-state index contributed by atoms with van der Waals surface area (Å²) in [6.07, 6.45) is 2.18. The molecule has 1 aromatic carbocycles. The zero-order valence-electron chi connectivity index (χ0n) is 17.8. The predicted molar refractivity (Wildman–Crippen MR) is 110 cm³/mol. The summed E-state index contributed by atoms with van der Waals surface area (Å²) in [6, 6.07) is 1.95. The fraction of sp³-hybridized carbons (Fsp3) is 0.667. The van der Waals surface area contributed by atoms with Crippen molar-refractivity contribution in [3.8, 4) is 0 Å². The van der Waals surface area contributed by atoms with Crippen molar-refractivity contribution >= 4 is 15.9 Å². The molecule has 1 N–H and O–H groups in total. The summed E-state index contributed by atoms with van der Waals surface area (Å²) in [5, 5.41) is 0. The minimum absolute atomic E-state index is 0.104. The SMILES string of the molecule is Cc1cc(C)c(C)c(S(=O)(=O)N2CC[NH+]([C@@H](C)C(=O)N3CCCC3)CC2)c1C. The van der Waals surface area contributed by atoms with Crippen LogP contribution in [-0.4, -0.2) is 68.8 Å². The van der Waals surface area contributed by atoms with Crippen LogP contribution in [0.2, 0.25) is 0 Å². The van der Waals surface area contributed by atoms with Crippen LogP contribution in [0, 0.1) is 27.7 Å². The molecule has 2 heterocycles. The third kappa shape index (κ3) is 3.84. The first-order valence-corrected chi connectivity index (χ1v) is 11.8. The molecule has 156 valence electrons. The second-order valence-electron chi connectivity index (χ2n) is 8.41. The van der Waals surface area contributed by atoms with Crippen molar-refractivity contribution in [2.45, 2.75) is 58.4 Å². The first kappa shape index (κ1) is 21.3. The van der Waals surface area contributed by atoms with E-state index in [1.165, 1.54) is 4.90 Å². The van der Waals surface area contributed by atoms with Gasteiger partial charge < -0.3 is 9.80 Å². The van der Waals surface area contributed by atoms with Crippen LogP contribution in [0.4, 0.5) is 0 Å². The third-order valence-electron chi connectivity index (χ3n) is 6.66. The summed E-state index contributed by atoms with van der Waals surface area (Å²) in [7, 11) is -3.53. The number of nitrogens with one attached hydrogen (secondary N) is 1. The molecule has 1 amide bonds. The number of amides is 1. The molecule has 2 saturated heterocycles. The first-order chi connectivity index (χ1) is 13.1. The van der Waals surface area contributed by atoms with Gasteiger partial charge in [0, 0.05) is 13.1 Å². The van der Waals surface area contributed by atoms with E-state index in [-0.39, 0.29) is 11.9 Å². The highest BCUT2D eigenvalue weighted by atomic mass is 32.2. The van der Waals surface area contributed by atoms with Gasteiger partial charge in [0.2, 0.25) is 10.0 Å². The first-order valence-electron chi connectivity index (χ1n) is 10.4.